The van der Waals surface area contributed by atoms with Crippen LogP contribution in [0.5, 0.6) is 0 Å². The lowest BCUT2D eigenvalue weighted by atomic mass is 9.81. The molecule has 1 saturated heterocycles. The van der Waals surface area contributed by atoms with Crippen LogP contribution in [0.15, 0.2) is 42.5 Å². The van der Waals surface area contributed by atoms with E-state index in [1.165, 1.54) is 15.2 Å². The Bertz CT molecular complexity index is 1030. The lowest BCUT2D eigenvalue weighted by Gasteiger charge is -2.19. The molecule has 2 atom stereocenters. The molecule has 5 heteroatoms. The Morgan fingerprint density at radius 3 is 2.30 bits per heavy atom. The fourth-order valence-corrected chi connectivity index (χ4v) is 5.39. The lowest BCUT2D eigenvalue weighted by molar-refractivity contribution is -0.122. The molecule has 2 fully saturated rings. The molecule has 3 aromatic rings. The number of amides is 2. The van der Waals surface area contributed by atoms with Crippen LogP contribution < -0.4 is 4.90 Å². The summed E-state index contributed by atoms with van der Waals surface area (Å²) in [6.07, 6.45) is 3.78. The van der Waals surface area contributed by atoms with Crippen molar-refractivity contribution in [2.24, 2.45) is 11.8 Å². The van der Waals surface area contributed by atoms with Gasteiger partial charge >= 0.3 is 0 Å². The zero-order chi connectivity index (χ0) is 18.5. The van der Waals surface area contributed by atoms with Crippen molar-refractivity contribution in [1.82, 2.24) is 4.98 Å². The number of carbonyl (C=O) groups excluding carboxylic acids is 2. The van der Waals surface area contributed by atoms with Crippen LogP contribution in [-0.4, -0.2) is 16.8 Å². The van der Waals surface area contributed by atoms with Gasteiger partial charge in [-0.15, -0.1) is 11.3 Å². The number of aryl methyl sites for hydroxylation is 1. The summed E-state index contributed by atoms with van der Waals surface area (Å²) < 4.78 is 1.17. The molecule has 2 amide bonds. The van der Waals surface area contributed by atoms with E-state index in [2.05, 4.69) is 19.1 Å². The number of aromatic nitrogens is 1. The van der Waals surface area contributed by atoms with Crippen molar-refractivity contribution in [1.29, 1.82) is 0 Å². The van der Waals surface area contributed by atoms with E-state index in [1.54, 1.807) is 11.3 Å². The summed E-state index contributed by atoms with van der Waals surface area (Å²) in [7, 11) is 0. The summed E-state index contributed by atoms with van der Waals surface area (Å²) in [6, 6.07) is 13.9. The first-order valence-electron chi connectivity index (χ1n) is 9.47. The number of thiazole rings is 1. The van der Waals surface area contributed by atoms with Gasteiger partial charge in [0.2, 0.25) is 11.8 Å². The fraction of sp³-hybridized carbons (Fsp3) is 0.318. The van der Waals surface area contributed by atoms with Crippen LogP contribution in [0, 0.1) is 18.8 Å². The van der Waals surface area contributed by atoms with Crippen molar-refractivity contribution in [3.8, 4) is 10.6 Å². The Kier molecular flexibility index (Phi) is 3.86. The number of hydrogen-bond donors (Lipinski definition) is 0. The second-order valence-electron chi connectivity index (χ2n) is 7.55. The van der Waals surface area contributed by atoms with E-state index >= 15 is 0 Å². The number of benzene rings is 2. The minimum Gasteiger partial charge on any atom is -0.274 e. The molecular formula is C22H20N2O2S. The standard InChI is InChI=1S/C22H20N2O2S/c1-13-6-11-18-19(12-13)27-20(23-18)14-7-9-15(10-8-14)24-21(25)16-4-2-3-5-17(16)22(24)26/h6-12,16-17H,2-5H2,1H3/t16-,17-/m0/s1. The monoisotopic (exact) mass is 376 g/mol. The molecule has 0 radical (unpaired) electrons. The molecule has 4 nitrogen and oxygen atoms in total. The number of carbonyl (C=O) groups is 2. The van der Waals surface area contributed by atoms with Gasteiger partial charge in [0.1, 0.15) is 5.01 Å². The summed E-state index contributed by atoms with van der Waals surface area (Å²) in [6.45, 7) is 2.08. The van der Waals surface area contributed by atoms with Crippen LogP contribution in [-0.2, 0) is 9.59 Å². The largest absolute Gasteiger partial charge is 0.274 e. The van der Waals surface area contributed by atoms with Crippen LogP contribution in [0.3, 0.4) is 0 Å². The van der Waals surface area contributed by atoms with Crippen LogP contribution in [0.4, 0.5) is 5.69 Å². The lowest BCUT2D eigenvalue weighted by Crippen LogP contribution is -2.30. The number of anilines is 1. The molecule has 0 unspecified atom stereocenters. The molecule has 0 bridgehead atoms. The summed E-state index contributed by atoms with van der Waals surface area (Å²) >= 11 is 1.66. The van der Waals surface area contributed by atoms with Crippen molar-refractivity contribution in [2.75, 3.05) is 4.90 Å². The highest BCUT2D eigenvalue weighted by atomic mass is 32.1. The van der Waals surface area contributed by atoms with E-state index in [9.17, 15) is 9.59 Å². The molecular weight excluding hydrogens is 356 g/mol. The minimum absolute atomic E-state index is 0.0205. The quantitative estimate of drug-likeness (QED) is 0.595. The van der Waals surface area contributed by atoms with Crippen molar-refractivity contribution in [3.63, 3.8) is 0 Å². The second-order valence-corrected chi connectivity index (χ2v) is 8.58. The van der Waals surface area contributed by atoms with E-state index < -0.39 is 0 Å². The molecule has 1 saturated carbocycles. The smallest absolute Gasteiger partial charge is 0.237 e. The third-order valence-corrected chi connectivity index (χ3v) is 6.82. The normalized spacial score (nSPS) is 22.5. The van der Waals surface area contributed by atoms with Gasteiger partial charge in [-0.05, 0) is 61.7 Å². The third-order valence-electron chi connectivity index (χ3n) is 5.76. The van der Waals surface area contributed by atoms with Crippen LogP contribution in [0.1, 0.15) is 31.2 Å². The minimum atomic E-state index is -0.113. The maximum Gasteiger partial charge on any atom is 0.237 e. The number of imide groups is 1. The summed E-state index contributed by atoms with van der Waals surface area (Å²) in [5, 5.41) is 0.954. The van der Waals surface area contributed by atoms with Crippen molar-refractivity contribution < 1.29 is 9.59 Å². The molecule has 2 heterocycles. The molecule has 1 aromatic heterocycles. The van der Waals surface area contributed by atoms with Crippen molar-refractivity contribution >= 4 is 39.1 Å². The highest BCUT2D eigenvalue weighted by Gasteiger charge is 2.48. The number of fused-ring (bicyclic) bond motifs is 2. The predicted octanol–water partition coefficient (Wildman–Crippen LogP) is 4.95. The van der Waals surface area contributed by atoms with Gasteiger partial charge < -0.3 is 0 Å². The Morgan fingerprint density at radius 2 is 1.63 bits per heavy atom. The van der Waals surface area contributed by atoms with E-state index in [-0.39, 0.29) is 23.7 Å². The molecule has 2 aromatic carbocycles. The molecule has 27 heavy (non-hydrogen) atoms. The van der Waals surface area contributed by atoms with Gasteiger partial charge in [0, 0.05) is 5.56 Å². The van der Waals surface area contributed by atoms with Crippen molar-refractivity contribution in [3.05, 3.63) is 48.0 Å². The molecule has 136 valence electrons. The zero-order valence-corrected chi connectivity index (χ0v) is 16.0. The van der Waals surface area contributed by atoms with Gasteiger partial charge in [-0.1, -0.05) is 18.9 Å². The molecule has 1 aliphatic carbocycles. The summed E-state index contributed by atoms with van der Waals surface area (Å²) in [5.74, 6) is -0.266. The number of nitrogens with zero attached hydrogens (tertiary/aromatic N) is 2. The third kappa shape index (κ3) is 2.69. The average Bonchev–Trinajstić information content (AvgIpc) is 3.21. The molecule has 2 aliphatic rings. The fourth-order valence-electron chi connectivity index (χ4n) is 4.33. The zero-order valence-electron chi connectivity index (χ0n) is 15.1. The first-order valence-corrected chi connectivity index (χ1v) is 10.3. The Balaban J connectivity index is 1.46. The van der Waals surface area contributed by atoms with E-state index in [0.29, 0.717) is 5.69 Å². The number of rotatable bonds is 2. The molecule has 0 N–H and O–H groups in total. The highest BCUT2D eigenvalue weighted by Crippen LogP contribution is 2.40. The summed E-state index contributed by atoms with van der Waals surface area (Å²) in [4.78, 5) is 31.6. The maximum atomic E-state index is 12.7. The topological polar surface area (TPSA) is 50.3 Å². The van der Waals surface area contributed by atoms with E-state index in [4.69, 9.17) is 4.98 Å². The van der Waals surface area contributed by atoms with Gasteiger partial charge in [-0.25, -0.2) is 4.98 Å². The van der Waals surface area contributed by atoms with E-state index in [1.807, 2.05) is 30.3 Å². The average molecular weight is 376 g/mol. The Hall–Kier alpha value is -2.53. The van der Waals surface area contributed by atoms with Gasteiger partial charge in [0.25, 0.3) is 0 Å². The van der Waals surface area contributed by atoms with Crippen molar-refractivity contribution in [2.45, 2.75) is 32.6 Å². The van der Waals surface area contributed by atoms with Crippen LogP contribution >= 0.6 is 11.3 Å². The second kappa shape index (κ2) is 6.27. The molecule has 0 spiro atoms. The first-order chi connectivity index (χ1) is 13.1. The maximum absolute atomic E-state index is 12.7. The Morgan fingerprint density at radius 1 is 0.963 bits per heavy atom. The van der Waals surface area contributed by atoms with Crippen LogP contribution in [0.2, 0.25) is 0 Å². The number of hydrogen-bond acceptors (Lipinski definition) is 4. The Labute approximate surface area is 161 Å². The molecule has 5 rings (SSSR count). The van der Waals surface area contributed by atoms with Gasteiger partial charge in [-0.3, -0.25) is 14.5 Å². The summed E-state index contributed by atoms with van der Waals surface area (Å²) in [5.41, 5.74) is 3.91. The first kappa shape index (κ1) is 16.6. The van der Waals surface area contributed by atoms with Gasteiger partial charge in [0.05, 0.1) is 27.7 Å². The SMILES string of the molecule is Cc1ccc2nc(-c3ccc(N4C(=O)[C@H]5CCCC[C@@H]5C4=O)cc3)sc2c1. The van der Waals surface area contributed by atoms with Crippen LogP contribution in [0.25, 0.3) is 20.8 Å². The van der Waals surface area contributed by atoms with Gasteiger partial charge in [-0.2, -0.15) is 0 Å². The van der Waals surface area contributed by atoms with E-state index in [0.717, 1.165) is 41.8 Å². The molecule has 1 aliphatic heterocycles. The highest BCUT2D eigenvalue weighted by molar-refractivity contribution is 7.21. The predicted molar refractivity (Wildman–Crippen MR) is 108 cm³/mol. The van der Waals surface area contributed by atoms with Gasteiger partial charge in [0.15, 0.2) is 0 Å².